The van der Waals surface area contributed by atoms with Gasteiger partial charge in [0, 0.05) is 0 Å². The van der Waals surface area contributed by atoms with Gasteiger partial charge in [-0.15, -0.1) is 0 Å². The Balaban J connectivity index is 1.84. The molecular formula is C18H16N2O3. The lowest BCUT2D eigenvalue weighted by Crippen LogP contribution is -2.30. The SMILES string of the molecule is CCOc1ccc(/C=C2/NC(=O)N(c3ccccc3)C2=O)cc1. The van der Waals surface area contributed by atoms with Gasteiger partial charge >= 0.3 is 6.03 Å². The lowest BCUT2D eigenvalue weighted by Gasteiger charge is -2.10. The molecule has 0 unspecified atom stereocenters. The highest BCUT2D eigenvalue weighted by molar-refractivity contribution is 6.28. The highest BCUT2D eigenvalue weighted by atomic mass is 16.5. The van der Waals surface area contributed by atoms with Crippen molar-refractivity contribution in [3.8, 4) is 5.75 Å². The molecule has 1 aliphatic rings. The number of ether oxygens (including phenoxy) is 1. The first kappa shape index (κ1) is 14.8. The Kier molecular flexibility index (Phi) is 4.10. The molecule has 1 saturated heterocycles. The standard InChI is InChI=1S/C18H16N2O3/c1-2-23-15-10-8-13(9-11-15)12-16-17(21)20(18(22)19-16)14-6-4-3-5-7-14/h3-12H,2H2,1H3,(H,19,22)/b16-12+. The molecule has 5 heteroatoms. The lowest BCUT2D eigenvalue weighted by molar-refractivity contribution is -0.113. The first-order chi connectivity index (χ1) is 11.2. The molecule has 0 aromatic heterocycles. The highest BCUT2D eigenvalue weighted by Crippen LogP contribution is 2.22. The minimum atomic E-state index is -0.446. The second-order valence-electron chi connectivity index (χ2n) is 4.97. The maximum atomic E-state index is 12.4. The molecule has 23 heavy (non-hydrogen) atoms. The summed E-state index contributed by atoms with van der Waals surface area (Å²) in [6.07, 6.45) is 1.65. The van der Waals surface area contributed by atoms with E-state index < -0.39 is 6.03 Å². The second-order valence-corrected chi connectivity index (χ2v) is 4.97. The number of imide groups is 1. The average molecular weight is 308 g/mol. The Morgan fingerprint density at radius 3 is 2.39 bits per heavy atom. The number of carbonyl (C=O) groups is 2. The molecule has 0 atom stereocenters. The fraction of sp³-hybridized carbons (Fsp3) is 0.111. The zero-order valence-electron chi connectivity index (χ0n) is 12.7. The van der Waals surface area contributed by atoms with Gasteiger partial charge in [-0.05, 0) is 42.8 Å². The van der Waals surface area contributed by atoms with E-state index in [0.29, 0.717) is 12.3 Å². The van der Waals surface area contributed by atoms with Gasteiger partial charge < -0.3 is 10.1 Å². The predicted octanol–water partition coefficient (Wildman–Crippen LogP) is 3.18. The third-order valence-corrected chi connectivity index (χ3v) is 3.39. The number of carbonyl (C=O) groups excluding carboxylic acids is 2. The molecular weight excluding hydrogens is 292 g/mol. The van der Waals surface area contributed by atoms with Gasteiger partial charge in [0.05, 0.1) is 12.3 Å². The molecule has 0 aliphatic carbocycles. The Hall–Kier alpha value is -3.08. The maximum Gasteiger partial charge on any atom is 0.333 e. The monoisotopic (exact) mass is 308 g/mol. The number of amides is 3. The Morgan fingerprint density at radius 2 is 1.74 bits per heavy atom. The topological polar surface area (TPSA) is 58.6 Å². The minimum Gasteiger partial charge on any atom is -0.494 e. The van der Waals surface area contributed by atoms with Crippen LogP contribution in [0.5, 0.6) is 5.75 Å². The molecule has 3 rings (SSSR count). The van der Waals surface area contributed by atoms with Crippen LogP contribution in [0.15, 0.2) is 60.3 Å². The van der Waals surface area contributed by atoms with Crippen LogP contribution in [-0.4, -0.2) is 18.5 Å². The van der Waals surface area contributed by atoms with Crippen LogP contribution in [0.1, 0.15) is 12.5 Å². The van der Waals surface area contributed by atoms with E-state index in [0.717, 1.165) is 16.2 Å². The van der Waals surface area contributed by atoms with Gasteiger partial charge in [-0.25, -0.2) is 9.69 Å². The largest absolute Gasteiger partial charge is 0.494 e. The number of rotatable bonds is 4. The summed E-state index contributed by atoms with van der Waals surface area (Å²) in [7, 11) is 0. The van der Waals surface area contributed by atoms with Gasteiger partial charge in [0.2, 0.25) is 0 Å². The Morgan fingerprint density at radius 1 is 1.04 bits per heavy atom. The molecule has 2 aromatic carbocycles. The Bertz CT molecular complexity index is 752. The number of benzene rings is 2. The van der Waals surface area contributed by atoms with E-state index in [2.05, 4.69) is 5.32 Å². The van der Waals surface area contributed by atoms with E-state index in [1.165, 1.54) is 0 Å². The van der Waals surface area contributed by atoms with Crippen LogP contribution < -0.4 is 15.0 Å². The summed E-state index contributed by atoms with van der Waals surface area (Å²) in [4.78, 5) is 25.6. The number of hydrogen-bond acceptors (Lipinski definition) is 3. The van der Waals surface area contributed by atoms with Crippen molar-refractivity contribution in [2.45, 2.75) is 6.92 Å². The zero-order valence-corrected chi connectivity index (χ0v) is 12.7. The van der Waals surface area contributed by atoms with Crippen LogP contribution in [0.4, 0.5) is 10.5 Å². The third kappa shape index (κ3) is 3.08. The van der Waals surface area contributed by atoms with Crippen LogP contribution in [0.2, 0.25) is 0 Å². The molecule has 3 amide bonds. The number of nitrogens with zero attached hydrogens (tertiary/aromatic N) is 1. The van der Waals surface area contributed by atoms with Crippen LogP contribution in [0.25, 0.3) is 6.08 Å². The van der Waals surface area contributed by atoms with Gasteiger partial charge in [-0.3, -0.25) is 4.79 Å². The highest BCUT2D eigenvalue weighted by Gasteiger charge is 2.34. The molecule has 1 N–H and O–H groups in total. The van der Waals surface area contributed by atoms with Crippen LogP contribution in [0, 0.1) is 0 Å². The van der Waals surface area contributed by atoms with E-state index in [9.17, 15) is 9.59 Å². The summed E-state index contributed by atoms with van der Waals surface area (Å²) in [5, 5.41) is 2.61. The summed E-state index contributed by atoms with van der Waals surface area (Å²) in [6, 6.07) is 15.7. The summed E-state index contributed by atoms with van der Waals surface area (Å²) < 4.78 is 5.38. The van der Waals surface area contributed by atoms with Crippen molar-refractivity contribution in [1.29, 1.82) is 0 Å². The van der Waals surface area contributed by atoms with Crippen molar-refractivity contribution in [1.82, 2.24) is 5.32 Å². The van der Waals surface area contributed by atoms with E-state index in [1.54, 1.807) is 30.3 Å². The van der Waals surface area contributed by atoms with E-state index in [1.807, 2.05) is 37.3 Å². The number of anilines is 1. The quantitative estimate of drug-likeness (QED) is 0.697. The van der Waals surface area contributed by atoms with Crippen LogP contribution in [-0.2, 0) is 4.79 Å². The minimum absolute atomic E-state index is 0.253. The fourth-order valence-electron chi connectivity index (χ4n) is 2.34. The molecule has 0 spiro atoms. The van der Waals surface area contributed by atoms with Gasteiger partial charge in [0.15, 0.2) is 0 Å². The maximum absolute atomic E-state index is 12.4. The van der Waals surface area contributed by atoms with Crippen molar-refractivity contribution in [2.24, 2.45) is 0 Å². The fourth-order valence-corrected chi connectivity index (χ4v) is 2.34. The van der Waals surface area contributed by atoms with Crippen molar-refractivity contribution in [2.75, 3.05) is 11.5 Å². The van der Waals surface area contributed by atoms with Crippen molar-refractivity contribution >= 4 is 23.7 Å². The number of urea groups is 1. The zero-order chi connectivity index (χ0) is 16.2. The molecule has 116 valence electrons. The summed E-state index contributed by atoms with van der Waals surface area (Å²) >= 11 is 0. The molecule has 1 aliphatic heterocycles. The molecule has 0 radical (unpaired) electrons. The molecule has 5 nitrogen and oxygen atoms in total. The van der Waals surface area contributed by atoms with Gasteiger partial charge in [-0.1, -0.05) is 30.3 Å². The normalized spacial score (nSPS) is 15.9. The first-order valence-electron chi connectivity index (χ1n) is 7.34. The predicted molar refractivity (Wildman–Crippen MR) is 88.0 cm³/mol. The van der Waals surface area contributed by atoms with Crippen LogP contribution >= 0.6 is 0 Å². The second kappa shape index (κ2) is 6.36. The number of para-hydroxylation sites is 1. The number of nitrogens with one attached hydrogen (secondary N) is 1. The van der Waals surface area contributed by atoms with E-state index >= 15 is 0 Å². The molecule has 0 saturated carbocycles. The Labute approximate surface area is 134 Å². The van der Waals surface area contributed by atoms with E-state index in [-0.39, 0.29) is 11.6 Å². The van der Waals surface area contributed by atoms with E-state index in [4.69, 9.17) is 4.74 Å². The third-order valence-electron chi connectivity index (χ3n) is 3.39. The van der Waals surface area contributed by atoms with Crippen molar-refractivity contribution < 1.29 is 14.3 Å². The van der Waals surface area contributed by atoms with Gasteiger partial charge in [0.25, 0.3) is 5.91 Å². The summed E-state index contributed by atoms with van der Waals surface area (Å²) in [5.74, 6) is 0.400. The van der Waals surface area contributed by atoms with Crippen LogP contribution in [0.3, 0.4) is 0 Å². The molecule has 0 bridgehead atoms. The van der Waals surface area contributed by atoms with Gasteiger partial charge in [-0.2, -0.15) is 0 Å². The lowest BCUT2D eigenvalue weighted by atomic mass is 10.2. The number of hydrogen-bond donors (Lipinski definition) is 1. The molecule has 1 heterocycles. The summed E-state index contributed by atoms with van der Waals surface area (Å²) in [6.45, 7) is 2.52. The molecule has 1 fully saturated rings. The summed E-state index contributed by atoms with van der Waals surface area (Å²) in [5.41, 5.74) is 1.61. The van der Waals surface area contributed by atoms with Gasteiger partial charge in [0.1, 0.15) is 11.4 Å². The molecule has 2 aromatic rings. The first-order valence-corrected chi connectivity index (χ1v) is 7.34. The average Bonchev–Trinajstić information content (AvgIpc) is 2.84. The smallest absolute Gasteiger partial charge is 0.333 e. The van der Waals surface area contributed by atoms with Crippen molar-refractivity contribution in [3.05, 3.63) is 65.9 Å². The van der Waals surface area contributed by atoms with Crippen molar-refractivity contribution in [3.63, 3.8) is 0 Å².